The van der Waals surface area contributed by atoms with Crippen molar-refractivity contribution in [2.24, 2.45) is 113 Å². The van der Waals surface area contributed by atoms with Crippen LogP contribution in [0.4, 0.5) is 4.39 Å². The Hall–Kier alpha value is -3.05. The summed E-state index contributed by atoms with van der Waals surface area (Å²) in [5.41, 5.74) is 1.13. The fourth-order valence-corrected chi connectivity index (χ4v) is 24.6. The van der Waals surface area contributed by atoms with Crippen molar-refractivity contribution in [3.05, 3.63) is 56.2 Å². The minimum atomic E-state index is -0.921. The quantitative estimate of drug-likeness (QED) is 0.0948. The van der Waals surface area contributed by atoms with Crippen molar-refractivity contribution < 1.29 is 33.7 Å². The SMILES string of the molecule is C[C@H]1[C@H](C)CC[C@]2(C(=O)OCCCCCCn3cc(F)c(=O)n(CCCCCCOC(=O)[C@@]45CC[C@]6(C)C(=CC[C@@H]7[C@@]8(C)CC[C@H](O)C(C)(C)[C@@H]8CC[C@]76C)[C@@H]4C[C@@H](C)[C@H](C)C5)c3=O)CC[C@]3(C)C(=CC[C@@H]4[C@@]5(C)CC[C@H](O)C(C)(C)[C@@H]5CC[C@]43C)[C@H]12. The van der Waals surface area contributed by atoms with E-state index in [1.807, 2.05) is 0 Å². The molecule has 1 aromatic rings. The summed E-state index contributed by atoms with van der Waals surface area (Å²) in [4.78, 5) is 56.1. The zero-order valence-corrected chi connectivity index (χ0v) is 57.0. The second-order valence-electron chi connectivity index (χ2n) is 35.0. The van der Waals surface area contributed by atoms with Crippen molar-refractivity contribution in [2.45, 2.75) is 289 Å². The zero-order valence-electron chi connectivity index (χ0n) is 57.0. The highest BCUT2D eigenvalue weighted by atomic mass is 19.1. The van der Waals surface area contributed by atoms with Gasteiger partial charge >= 0.3 is 17.6 Å². The average molecular weight is 1210 g/mol. The fraction of sp³-hybridized carbons (Fsp3) is 0.868. The maximum absolute atomic E-state index is 15.2. The van der Waals surface area contributed by atoms with Gasteiger partial charge in [0, 0.05) is 13.1 Å². The van der Waals surface area contributed by atoms with Gasteiger partial charge in [-0.25, -0.2) is 4.79 Å². The van der Waals surface area contributed by atoms with E-state index in [0.29, 0.717) is 86.4 Å². The van der Waals surface area contributed by atoms with E-state index in [1.54, 1.807) is 5.57 Å². The molecule has 1 heterocycles. The molecular formula is C76H119FN2O8. The number of halogens is 1. The Bertz CT molecular complexity index is 2960. The van der Waals surface area contributed by atoms with Crippen molar-refractivity contribution in [1.82, 2.24) is 9.13 Å². The molecule has 0 unspecified atom stereocenters. The molecule has 0 spiro atoms. The smallest absolute Gasteiger partial charge is 0.331 e. The van der Waals surface area contributed by atoms with Crippen LogP contribution >= 0.6 is 0 Å². The van der Waals surface area contributed by atoms with E-state index in [4.69, 9.17) is 9.47 Å². The van der Waals surface area contributed by atoms with E-state index in [-0.39, 0.29) is 85.8 Å². The summed E-state index contributed by atoms with van der Waals surface area (Å²) < 4.78 is 30.2. The topological polar surface area (TPSA) is 137 Å². The van der Waals surface area contributed by atoms with Crippen molar-refractivity contribution >= 4 is 11.9 Å². The summed E-state index contributed by atoms with van der Waals surface area (Å²) in [6.07, 6.45) is 29.6. The van der Waals surface area contributed by atoms with Crippen LogP contribution in [0.2, 0.25) is 0 Å². The van der Waals surface area contributed by atoms with Crippen molar-refractivity contribution in [3.63, 3.8) is 0 Å². The summed E-state index contributed by atoms with van der Waals surface area (Å²) in [5.74, 6) is 3.35. The van der Waals surface area contributed by atoms with Gasteiger partial charge in [-0.2, -0.15) is 4.39 Å². The number of hydrogen-bond acceptors (Lipinski definition) is 8. The third-order valence-corrected chi connectivity index (χ3v) is 30.9. The lowest BCUT2D eigenvalue weighted by atomic mass is 9.33. The molecule has 2 N–H and O–H groups in total. The largest absolute Gasteiger partial charge is 0.465 e. The molecule has 11 heteroatoms. The van der Waals surface area contributed by atoms with Gasteiger partial charge < -0.3 is 19.7 Å². The van der Waals surface area contributed by atoms with E-state index in [9.17, 15) is 29.4 Å². The molecule has 8 saturated carbocycles. The first-order chi connectivity index (χ1) is 40.9. The Morgan fingerprint density at radius 3 is 1.61 bits per heavy atom. The zero-order chi connectivity index (χ0) is 62.9. The first kappa shape index (κ1) is 65.4. The van der Waals surface area contributed by atoms with Crippen LogP contribution in [0.3, 0.4) is 0 Å². The van der Waals surface area contributed by atoms with Crippen LogP contribution in [-0.4, -0.2) is 56.7 Å². The minimum absolute atomic E-state index is 0.00917. The molecule has 0 amide bonds. The molecule has 87 heavy (non-hydrogen) atoms. The molecule has 10 nitrogen and oxygen atoms in total. The Labute approximate surface area is 524 Å². The summed E-state index contributed by atoms with van der Waals surface area (Å²) in [6.45, 7) is 35.3. The lowest BCUT2D eigenvalue weighted by Crippen LogP contribution is -2.65. The Kier molecular flexibility index (Phi) is 17.5. The van der Waals surface area contributed by atoms with Gasteiger partial charge in [0.1, 0.15) is 0 Å². The first-order valence-electron chi connectivity index (χ1n) is 36.0. The van der Waals surface area contributed by atoms with Crippen LogP contribution < -0.4 is 11.2 Å². The predicted molar refractivity (Wildman–Crippen MR) is 344 cm³/mol. The normalized spacial score (nSPS) is 45.0. The summed E-state index contributed by atoms with van der Waals surface area (Å²) in [6, 6.07) is 0. The summed E-state index contributed by atoms with van der Waals surface area (Å²) in [5, 5.41) is 22.4. The lowest BCUT2D eigenvalue weighted by molar-refractivity contribution is -0.207. The number of carbonyl (C=O) groups is 2. The Morgan fingerprint density at radius 1 is 0.552 bits per heavy atom. The number of nitrogens with zero attached hydrogens (tertiary/aromatic N) is 2. The predicted octanol–water partition coefficient (Wildman–Crippen LogP) is 16.4. The number of hydrogen-bond donors (Lipinski definition) is 2. The monoisotopic (exact) mass is 1210 g/mol. The highest BCUT2D eigenvalue weighted by Crippen LogP contribution is 2.78. The summed E-state index contributed by atoms with van der Waals surface area (Å²) >= 11 is 0. The number of aliphatic hydroxyl groups is 2. The standard InChI is InChI=1S/C76H119FN2O8/c1-48-27-36-75(39-37-72(12)53(62(75)51(48)4)24-26-59-70(10)33-31-61(81)68(7,8)57(70)29-35-74(59,72)14)64(83)86-43-21-17-15-19-41-78-47-55(77)63(82)79(66(78)85)42-20-16-18-22-44-87-65(84)76-40-38-71(11)52(54(76)45-49(2)50(3)46-76)23-25-58-69(9)32-30-60(80)67(5,6)56(69)28-34-73(58,71)13/h23-24,47-51,54,56-62,80-81H,15-22,25-46H2,1-14H3/t48-,49-,50-,51+,54+,56+,57+,58-,59-,60+,61+,62+,69+,70+,71-,72-,73-,74-,75+,76-/m1/s1. The van der Waals surface area contributed by atoms with Crippen LogP contribution in [0.5, 0.6) is 0 Å². The molecule has 20 atom stereocenters. The van der Waals surface area contributed by atoms with Crippen molar-refractivity contribution in [1.29, 1.82) is 0 Å². The first-order valence-corrected chi connectivity index (χ1v) is 36.0. The van der Waals surface area contributed by atoms with Gasteiger partial charge in [-0.05, 0) is 257 Å². The van der Waals surface area contributed by atoms with E-state index in [0.717, 1.165) is 146 Å². The van der Waals surface area contributed by atoms with Gasteiger partial charge in [-0.1, -0.05) is 133 Å². The van der Waals surface area contributed by atoms with Crippen LogP contribution in [0.15, 0.2) is 39.1 Å². The van der Waals surface area contributed by atoms with Crippen molar-refractivity contribution in [3.8, 4) is 0 Å². The highest BCUT2D eigenvalue weighted by Gasteiger charge is 2.72. The van der Waals surface area contributed by atoms with E-state index < -0.39 is 27.9 Å². The number of allylic oxidation sites excluding steroid dienone is 4. The number of aromatic nitrogens is 2. The van der Waals surface area contributed by atoms with Gasteiger partial charge in [0.2, 0.25) is 5.82 Å². The average Bonchev–Trinajstić information content (AvgIpc) is 0.704. The fourth-order valence-electron chi connectivity index (χ4n) is 24.6. The molecule has 0 aromatic carbocycles. The van der Waals surface area contributed by atoms with Crippen LogP contribution in [0.1, 0.15) is 264 Å². The Balaban J connectivity index is 0.643. The number of carbonyl (C=O) groups excluding carboxylic acids is 2. The van der Waals surface area contributed by atoms with Gasteiger partial charge in [0.25, 0.3) is 5.56 Å². The number of unbranched alkanes of at least 4 members (excludes halogenated alkanes) is 6. The maximum Gasteiger partial charge on any atom is 0.331 e. The lowest BCUT2D eigenvalue weighted by Gasteiger charge is -2.71. The number of aryl methyl sites for hydroxylation is 1. The summed E-state index contributed by atoms with van der Waals surface area (Å²) in [7, 11) is 0. The highest BCUT2D eigenvalue weighted by molar-refractivity contribution is 5.79. The molecule has 11 rings (SSSR count). The van der Waals surface area contributed by atoms with E-state index >= 15 is 4.39 Å². The number of ether oxygens (including phenoxy) is 2. The Morgan fingerprint density at radius 2 is 1.05 bits per heavy atom. The van der Waals surface area contributed by atoms with Crippen LogP contribution in [0, 0.1) is 119 Å². The van der Waals surface area contributed by atoms with Gasteiger partial charge in [0.05, 0.1) is 42.4 Å². The third-order valence-electron chi connectivity index (χ3n) is 30.9. The maximum atomic E-state index is 15.2. The molecule has 0 aliphatic heterocycles. The molecule has 10 aliphatic carbocycles. The molecular weight excluding hydrogens is 1090 g/mol. The number of aliphatic hydroxyl groups excluding tert-OH is 2. The van der Waals surface area contributed by atoms with E-state index in [2.05, 4.69) is 109 Å². The second kappa shape index (κ2) is 23.2. The number of rotatable bonds is 16. The molecule has 1 aromatic heterocycles. The number of esters is 2. The molecule has 8 fully saturated rings. The third kappa shape index (κ3) is 9.93. The minimum Gasteiger partial charge on any atom is -0.465 e. The van der Waals surface area contributed by atoms with Gasteiger partial charge in [-0.3, -0.25) is 23.5 Å². The van der Waals surface area contributed by atoms with Crippen molar-refractivity contribution in [2.75, 3.05) is 13.2 Å². The second-order valence-corrected chi connectivity index (χ2v) is 35.0. The molecule has 10 aliphatic rings. The van der Waals surface area contributed by atoms with Gasteiger partial charge in [0.15, 0.2) is 0 Å². The van der Waals surface area contributed by atoms with E-state index in [1.165, 1.54) is 23.0 Å². The van der Waals surface area contributed by atoms with Gasteiger partial charge in [-0.15, -0.1) is 0 Å². The molecule has 488 valence electrons. The van der Waals surface area contributed by atoms with Crippen LogP contribution in [-0.2, 0) is 32.2 Å². The van der Waals surface area contributed by atoms with Crippen LogP contribution in [0.25, 0.3) is 0 Å². The molecule has 0 saturated heterocycles. The molecule has 0 radical (unpaired) electrons. The molecule has 0 bridgehead atoms. The number of fused-ring (bicyclic) bond motifs is 14.